The van der Waals surface area contributed by atoms with E-state index in [9.17, 15) is 4.79 Å². The van der Waals surface area contributed by atoms with Gasteiger partial charge in [-0.2, -0.15) is 0 Å². The molecule has 1 heterocycles. The lowest BCUT2D eigenvalue weighted by molar-refractivity contribution is 0.100. The quantitative estimate of drug-likeness (QED) is 0.892. The van der Waals surface area contributed by atoms with Gasteiger partial charge >= 0.3 is 0 Å². The molecule has 0 bridgehead atoms. The lowest BCUT2D eigenvalue weighted by Crippen LogP contribution is -2.10. The molecule has 0 saturated carbocycles. The molecule has 0 aromatic heterocycles. The van der Waals surface area contributed by atoms with E-state index in [1.807, 2.05) is 30.3 Å². The number of rotatable bonds is 4. The molecule has 0 fully saturated rings. The first-order valence-electron chi connectivity index (χ1n) is 6.24. The molecule has 0 aliphatic carbocycles. The van der Waals surface area contributed by atoms with Gasteiger partial charge in [-0.05, 0) is 42.0 Å². The minimum Gasteiger partial charge on any atom is -0.454 e. The number of hydrogen-bond acceptors (Lipinski definition) is 4. The number of carbonyl (C=O) groups is 1. The van der Waals surface area contributed by atoms with E-state index < -0.39 is 5.91 Å². The van der Waals surface area contributed by atoms with Crippen molar-refractivity contribution < 1.29 is 14.3 Å². The maximum absolute atomic E-state index is 11.0. The van der Waals surface area contributed by atoms with Crippen molar-refractivity contribution in [2.75, 3.05) is 12.1 Å². The number of primary amides is 1. The van der Waals surface area contributed by atoms with Gasteiger partial charge in [0.1, 0.15) is 0 Å². The van der Waals surface area contributed by atoms with Crippen molar-refractivity contribution in [2.24, 2.45) is 5.73 Å². The first-order chi connectivity index (χ1) is 9.72. The molecule has 5 heteroatoms. The van der Waals surface area contributed by atoms with Gasteiger partial charge in [-0.25, -0.2) is 0 Å². The Kier molecular flexibility index (Phi) is 3.16. The van der Waals surface area contributed by atoms with Crippen molar-refractivity contribution in [1.82, 2.24) is 0 Å². The maximum Gasteiger partial charge on any atom is 0.248 e. The molecule has 2 aromatic rings. The highest BCUT2D eigenvalue weighted by Crippen LogP contribution is 2.32. The van der Waals surface area contributed by atoms with Crippen LogP contribution in [0.2, 0.25) is 0 Å². The Bertz CT molecular complexity index is 638. The number of amides is 1. The Morgan fingerprint density at radius 2 is 1.85 bits per heavy atom. The van der Waals surface area contributed by atoms with Crippen LogP contribution in [0.4, 0.5) is 5.69 Å². The van der Waals surface area contributed by atoms with Gasteiger partial charge in [-0.1, -0.05) is 6.07 Å². The third-order valence-corrected chi connectivity index (χ3v) is 3.10. The van der Waals surface area contributed by atoms with Gasteiger partial charge in [-0.3, -0.25) is 4.79 Å². The molecule has 5 nitrogen and oxygen atoms in total. The van der Waals surface area contributed by atoms with E-state index in [1.165, 1.54) is 0 Å². The van der Waals surface area contributed by atoms with Crippen LogP contribution in [0.15, 0.2) is 42.5 Å². The lowest BCUT2D eigenvalue weighted by atomic mass is 10.1. The summed E-state index contributed by atoms with van der Waals surface area (Å²) in [5.41, 5.74) is 7.71. The fourth-order valence-corrected chi connectivity index (χ4v) is 2.01. The van der Waals surface area contributed by atoms with Crippen molar-refractivity contribution in [2.45, 2.75) is 6.54 Å². The number of anilines is 1. The fraction of sp³-hybridized carbons (Fsp3) is 0.133. The molecule has 1 aliphatic rings. The van der Waals surface area contributed by atoms with E-state index in [-0.39, 0.29) is 6.79 Å². The lowest BCUT2D eigenvalue weighted by Gasteiger charge is -2.07. The van der Waals surface area contributed by atoms with Crippen LogP contribution < -0.4 is 20.5 Å². The monoisotopic (exact) mass is 270 g/mol. The number of nitrogens with one attached hydrogen (secondary N) is 1. The van der Waals surface area contributed by atoms with E-state index in [2.05, 4.69) is 5.32 Å². The molecule has 102 valence electrons. The molecule has 1 amide bonds. The van der Waals surface area contributed by atoms with Crippen molar-refractivity contribution in [1.29, 1.82) is 0 Å². The minimum atomic E-state index is -0.424. The van der Waals surface area contributed by atoms with Gasteiger partial charge in [-0.15, -0.1) is 0 Å². The molecule has 0 unspecified atom stereocenters. The van der Waals surface area contributed by atoms with Gasteiger partial charge < -0.3 is 20.5 Å². The average Bonchev–Trinajstić information content (AvgIpc) is 2.93. The van der Waals surface area contributed by atoms with Crippen LogP contribution in [0, 0.1) is 0 Å². The number of fused-ring (bicyclic) bond motifs is 1. The van der Waals surface area contributed by atoms with Crippen LogP contribution in [0.1, 0.15) is 15.9 Å². The molecule has 0 atom stereocenters. The van der Waals surface area contributed by atoms with Crippen LogP contribution in [-0.4, -0.2) is 12.7 Å². The zero-order valence-corrected chi connectivity index (χ0v) is 10.8. The van der Waals surface area contributed by atoms with E-state index in [0.29, 0.717) is 12.1 Å². The number of hydrogen-bond donors (Lipinski definition) is 2. The fourth-order valence-electron chi connectivity index (χ4n) is 2.01. The highest BCUT2D eigenvalue weighted by Gasteiger charge is 2.12. The summed E-state index contributed by atoms with van der Waals surface area (Å²) in [6, 6.07) is 12.9. The van der Waals surface area contributed by atoms with Crippen molar-refractivity contribution >= 4 is 11.6 Å². The summed E-state index contributed by atoms with van der Waals surface area (Å²) < 4.78 is 10.6. The molecule has 0 saturated heterocycles. The van der Waals surface area contributed by atoms with Crippen molar-refractivity contribution in [3.8, 4) is 11.5 Å². The first-order valence-corrected chi connectivity index (χ1v) is 6.24. The normalized spacial score (nSPS) is 12.2. The Hall–Kier alpha value is -2.69. The van der Waals surface area contributed by atoms with Crippen LogP contribution in [0.25, 0.3) is 0 Å². The van der Waals surface area contributed by atoms with Crippen LogP contribution in [0.5, 0.6) is 11.5 Å². The number of ether oxygens (including phenoxy) is 2. The summed E-state index contributed by atoms with van der Waals surface area (Å²) in [5, 5.41) is 3.27. The number of benzene rings is 2. The van der Waals surface area contributed by atoms with Gasteiger partial charge in [0.25, 0.3) is 0 Å². The predicted molar refractivity (Wildman–Crippen MR) is 74.9 cm³/mol. The zero-order valence-electron chi connectivity index (χ0n) is 10.8. The maximum atomic E-state index is 11.0. The standard InChI is InChI=1S/C15H14N2O3/c16-15(18)11-2-4-12(5-3-11)17-8-10-1-6-13-14(7-10)20-9-19-13/h1-7,17H,8-9H2,(H2,16,18). The summed E-state index contributed by atoms with van der Waals surface area (Å²) in [6.45, 7) is 0.938. The van der Waals surface area contributed by atoms with Gasteiger partial charge in [0.05, 0.1) is 0 Å². The SMILES string of the molecule is NC(=O)c1ccc(NCc2ccc3c(c2)OCO3)cc1. The third-order valence-electron chi connectivity index (χ3n) is 3.10. The molecule has 2 aromatic carbocycles. The second kappa shape index (κ2) is 5.13. The van der Waals surface area contributed by atoms with E-state index in [0.717, 1.165) is 22.7 Å². The topological polar surface area (TPSA) is 73.6 Å². The predicted octanol–water partition coefficient (Wildman–Crippen LogP) is 2.13. The average molecular weight is 270 g/mol. The van der Waals surface area contributed by atoms with Gasteiger partial charge in [0.15, 0.2) is 11.5 Å². The molecule has 3 N–H and O–H groups in total. The van der Waals surface area contributed by atoms with Crippen LogP contribution in [0.3, 0.4) is 0 Å². The van der Waals surface area contributed by atoms with Gasteiger partial charge in [0.2, 0.25) is 12.7 Å². The summed E-state index contributed by atoms with van der Waals surface area (Å²) in [5.74, 6) is 1.13. The smallest absolute Gasteiger partial charge is 0.248 e. The number of nitrogens with two attached hydrogens (primary N) is 1. The summed E-state index contributed by atoms with van der Waals surface area (Å²) in [6.07, 6.45) is 0. The van der Waals surface area contributed by atoms with E-state index in [1.54, 1.807) is 12.1 Å². The highest BCUT2D eigenvalue weighted by molar-refractivity contribution is 5.93. The van der Waals surface area contributed by atoms with E-state index >= 15 is 0 Å². The largest absolute Gasteiger partial charge is 0.454 e. The van der Waals surface area contributed by atoms with E-state index in [4.69, 9.17) is 15.2 Å². The number of carbonyl (C=O) groups excluding carboxylic acids is 1. The van der Waals surface area contributed by atoms with Crippen molar-refractivity contribution in [3.05, 3.63) is 53.6 Å². The minimum absolute atomic E-state index is 0.279. The second-order valence-electron chi connectivity index (χ2n) is 4.48. The molecular weight excluding hydrogens is 256 g/mol. The third kappa shape index (κ3) is 2.51. The Morgan fingerprint density at radius 3 is 2.60 bits per heavy atom. The molecule has 3 rings (SSSR count). The first kappa shape index (κ1) is 12.3. The van der Waals surface area contributed by atoms with Crippen LogP contribution in [-0.2, 0) is 6.54 Å². The molecular formula is C15H14N2O3. The zero-order chi connectivity index (χ0) is 13.9. The molecule has 1 aliphatic heterocycles. The summed E-state index contributed by atoms with van der Waals surface area (Å²) in [7, 11) is 0. The Morgan fingerprint density at radius 1 is 1.10 bits per heavy atom. The highest BCUT2D eigenvalue weighted by atomic mass is 16.7. The Balaban J connectivity index is 1.65. The Labute approximate surface area is 116 Å². The molecule has 0 spiro atoms. The summed E-state index contributed by atoms with van der Waals surface area (Å²) >= 11 is 0. The van der Waals surface area contributed by atoms with Crippen molar-refractivity contribution in [3.63, 3.8) is 0 Å². The second-order valence-corrected chi connectivity index (χ2v) is 4.48. The summed E-state index contributed by atoms with van der Waals surface area (Å²) in [4.78, 5) is 11.0. The van der Waals surface area contributed by atoms with Gasteiger partial charge in [0, 0.05) is 17.8 Å². The van der Waals surface area contributed by atoms with Crippen LogP contribution >= 0.6 is 0 Å². The molecule has 0 radical (unpaired) electrons. The molecule has 20 heavy (non-hydrogen) atoms.